The van der Waals surface area contributed by atoms with E-state index in [1.165, 1.54) is 6.92 Å². The van der Waals surface area contributed by atoms with E-state index in [-0.39, 0.29) is 5.56 Å². The largest absolute Gasteiger partial charge is 0.573 e. The van der Waals surface area contributed by atoms with Crippen LogP contribution in [0.1, 0.15) is 24.2 Å². The standard InChI is InChI=1S/C19H18F3NO5/c1-3-26-16-7-5-4-6-15(16)23-17(24)12(2)27-18(25)13-8-10-14(11-9-13)28-19(20,21)22/h4-12H,3H2,1-2H3,(H,23,24). The van der Waals surface area contributed by atoms with Gasteiger partial charge in [-0.15, -0.1) is 13.2 Å². The van der Waals surface area contributed by atoms with Gasteiger partial charge in [-0.05, 0) is 50.2 Å². The number of rotatable bonds is 7. The van der Waals surface area contributed by atoms with Gasteiger partial charge in [0.2, 0.25) is 0 Å². The highest BCUT2D eigenvalue weighted by Gasteiger charge is 2.31. The zero-order valence-electron chi connectivity index (χ0n) is 15.1. The maximum absolute atomic E-state index is 12.3. The third-order valence-electron chi connectivity index (χ3n) is 3.42. The van der Waals surface area contributed by atoms with Crippen LogP contribution in [0.5, 0.6) is 11.5 Å². The molecule has 6 nitrogen and oxygen atoms in total. The minimum atomic E-state index is -4.83. The second-order valence-corrected chi connectivity index (χ2v) is 5.54. The van der Waals surface area contributed by atoms with Crippen molar-refractivity contribution in [1.82, 2.24) is 0 Å². The summed E-state index contributed by atoms with van der Waals surface area (Å²) in [5.41, 5.74) is 0.398. The summed E-state index contributed by atoms with van der Waals surface area (Å²) >= 11 is 0. The normalized spacial score (nSPS) is 12.0. The molecule has 0 saturated heterocycles. The van der Waals surface area contributed by atoms with Crippen molar-refractivity contribution in [3.63, 3.8) is 0 Å². The summed E-state index contributed by atoms with van der Waals surface area (Å²) < 4.78 is 50.6. The van der Waals surface area contributed by atoms with Gasteiger partial charge in [0.15, 0.2) is 6.10 Å². The smallest absolute Gasteiger partial charge is 0.492 e. The van der Waals surface area contributed by atoms with Crippen LogP contribution in [-0.4, -0.2) is 30.9 Å². The molecule has 0 radical (unpaired) electrons. The molecule has 2 aromatic carbocycles. The Labute approximate surface area is 159 Å². The number of amides is 1. The average Bonchev–Trinajstić information content (AvgIpc) is 2.62. The highest BCUT2D eigenvalue weighted by Crippen LogP contribution is 2.25. The van der Waals surface area contributed by atoms with Crippen LogP contribution in [0.25, 0.3) is 0 Å². The first kappa shape index (κ1) is 21.1. The molecular formula is C19H18F3NO5. The maximum atomic E-state index is 12.3. The van der Waals surface area contributed by atoms with Gasteiger partial charge in [0.1, 0.15) is 11.5 Å². The average molecular weight is 397 g/mol. The van der Waals surface area contributed by atoms with Crippen LogP contribution < -0.4 is 14.8 Å². The third-order valence-corrected chi connectivity index (χ3v) is 3.42. The van der Waals surface area contributed by atoms with Crippen molar-refractivity contribution in [3.05, 3.63) is 54.1 Å². The summed E-state index contributed by atoms with van der Waals surface area (Å²) in [6, 6.07) is 10.9. The molecule has 0 aliphatic rings. The molecular weight excluding hydrogens is 379 g/mol. The number of para-hydroxylation sites is 2. The van der Waals surface area contributed by atoms with Crippen LogP contribution in [0.4, 0.5) is 18.9 Å². The van der Waals surface area contributed by atoms with Crippen molar-refractivity contribution in [2.24, 2.45) is 0 Å². The van der Waals surface area contributed by atoms with Crippen molar-refractivity contribution in [2.75, 3.05) is 11.9 Å². The van der Waals surface area contributed by atoms with Crippen LogP contribution in [0.2, 0.25) is 0 Å². The molecule has 1 atom stereocenters. The summed E-state index contributed by atoms with van der Waals surface area (Å²) in [4.78, 5) is 24.3. The molecule has 1 N–H and O–H groups in total. The number of anilines is 1. The lowest BCUT2D eigenvalue weighted by Crippen LogP contribution is -2.30. The lowest BCUT2D eigenvalue weighted by atomic mass is 10.2. The Bertz CT molecular complexity index is 821. The van der Waals surface area contributed by atoms with Gasteiger partial charge < -0.3 is 19.5 Å². The molecule has 0 spiro atoms. The van der Waals surface area contributed by atoms with Crippen LogP contribution in [-0.2, 0) is 9.53 Å². The van der Waals surface area contributed by atoms with Gasteiger partial charge >= 0.3 is 12.3 Å². The molecule has 2 aromatic rings. The summed E-state index contributed by atoms with van der Waals surface area (Å²) in [5, 5.41) is 2.60. The molecule has 0 heterocycles. The molecule has 0 fully saturated rings. The zero-order chi connectivity index (χ0) is 20.7. The number of hydrogen-bond donors (Lipinski definition) is 1. The summed E-state index contributed by atoms with van der Waals surface area (Å²) in [6.07, 6.45) is -5.97. The lowest BCUT2D eigenvalue weighted by molar-refractivity contribution is -0.274. The zero-order valence-corrected chi connectivity index (χ0v) is 15.1. The van der Waals surface area contributed by atoms with Crippen molar-refractivity contribution >= 4 is 17.6 Å². The Kier molecular flexibility index (Phi) is 6.86. The molecule has 0 saturated carbocycles. The second kappa shape index (κ2) is 9.12. The first-order valence-electron chi connectivity index (χ1n) is 8.29. The first-order chi connectivity index (χ1) is 13.2. The molecule has 9 heteroatoms. The highest BCUT2D eigenvalue weighted by atomic mass is 19.4. The Hall–Kier alpha value is -3.23. The molecule has 1 unspecified atom stereocenters. The van der Waals surface area contributed by atoms with Gasteiger partial charge in [0.25, 0.3) is 5.91 Å². The predicted molar refractivity (Wildman–Crippen MR) is 94.2 cm³/mol. The van der Waals surface area contributed by atoms with Crippen molar-refractivity contribution < 1.29 is 37.0 Å². The van der Waals surface area contributed by atoms with E-state index < -0.39 is 30.1 Å². The fraction of sp³-hybridized carbons (Fsp3) is 0.263. The third kappa shape index (κ3) is 6.19. The Morgan fingerprint density at radius 1 is 1.07 bits per heavy atom. The fourth-order valence-corrected chi connectivity index (χ4v) is 2.16. The van der Waals surface area contributed by atoms with Crippen LogP contribution in [0, 0.1) is 0 Å². The SMILES string of the molecule is CCOc1ccccc1NC(=O)C(C)OC(=O)c1ccc(OC(F)(F)F)cc1. The number of halogens is 3. The molecule has 1 amide bonds. The van der Waals surface area contributed by atoms with E-state index in [4.69, 9.17) is 9.47 Å². The second-order valence-electron chi connectivity index (χ2n) is 5.54. The molecule has 0 aliphatic heterocycles. The molecule has 150 valence electrons. The number of hydrogen-bond acceptors (Lipinski definition) is 5. The van der Waals surface area contributed by atoms with Gasteiger partial charge in [-0.2, -0.15) is 0 Å². The van der Waals surface area contributed by atoms with Gasteiger partial charge in [-0.3, -0.25) is 4.79 Å². The minimum Gasteiger partial charge on any atom is -0.492 e. The van der Waals surface area contributed by atoms with E-state index in [1.807, 2.05) is 0 Å². The molecule has 0 bridgehead atoms. The fourth-order valence-electron chi connectivity index (χ4n) is 2.16. The van der Waals surface area contributed by atoms with E-state index in [1.54, 1.807) is 31.2 Å². The van der Waals surface area contributed by atoms with Gasteiger partial charge in [-0.1, -0.05) is 12.1 Å². The number of ether oxygens (including phenoxy) is 3. The first-order valence-corrected chi connectivity index (χ1v) is 8.29. The monoisotopic (exact) mass is 397 g/mol. The van der Waals surface area contributed by atoms with E-state index in [2.05, 4.69) is 10.1 Å². The summed E-state index contributed by atoms with van der Waals surface area (Å²) in [7, 11) is 0. The van der Waals surface area contributed by atoms with Gasteiger partial charge in [0, 0.05) is 0 Å². The molecule has 2 rings (SSSR count). The Morgan fingerprint density at radius 3 is 2.32 bits per heavy atom. The Balaban J connectivity index is 1.97. The Morgan fingerprint density at radius 2 is 1.71 bits per heavy atom. The highest BCUT2D eigenvalue weighted by molar-refractivity contribution is 5.98. The van der Waals surface area contributed by atoms with Crippen LogP contribution >= 0.6 is 0 Å². The van der Waals surface area contributed by atoms with E-state index >= 15 is 0 Å². The van der Waals surface area contributed by atoms with Gasteiger partial charge in [-0.25, -0.2) is 4.79 Å². The van der Waals surface area contributed by atoms with E-state index in [9.17, 15) is 22.8 Å². The van der Waals surface area contributed by atoms with E-state index in [0.29, 0.717) is 18.0 Å². The van der Waals surface area contributed by atoms with Crippen LogP contribution in [0.3, 0.4) is 0 Å². The van der Waals surface area contributed by atoms with Crippen molar-refractivity contribution in [3.8, 4) is 11.5 Å². The lowest BCUT2D eigenvalue weighted by Gasteiger charge is -2.16. The number of carbonyl (C=O) groups excluding carboxylic acids is 2. The quantitative estimate of drug-likeness (QED) is 0.710. The number of benzene rings is 2. The minimum absolute atomic E-state index is 0.0242. The molecule has 0 aromatic heterocycles. The number of nitrogens with one attached hydrogen (secondary N) is 1. The summed E-state index contributed by atoms with van der Waals surface area (Å²) in [6.45, 7) is 3.58. The topological polar surface area (TPSA) is 73.9 Å². The number of esters is 1. The van der Waals surface area contributed by atoms with E-state index in [0.717, 1.165) is 24.3 Å². The molecule has 28 heavy (non-hydrogen) atoms. The predicted octanol–water partition coefficient (Wildman–Crippen LogP) is 4.17. The van der Waals surface area contributed by atoms with Crippen molar-refractivity contribution in [1.29, 1.82) is 0 Å². The summed E-state index contributed by atoms with van der Waals surface area (Å²) in [5.74, 6) is -1.45. The van der Waals surface area contributed by atoms with Crippen LogP contribution in [0.15, 0.2) is 48.5 Å². The molecule has 0 aliphatic carbocycles. The number of carbonyl (C=O) groups is 2. The van der Waals surface area contributed by atoms with Gasteiger partial charge in [0.05, 0.1) is 17.9 Å². The maximum Gasteiger partial charge on any atom is 0.573 e. The number of alkyl halides is 3. The van der Waals surface area contributed by atoms with Crippen molar-refractivity contribution in [2.45, 2.75) is 26.3 Å².